The first-order valence-electron chi connectivity index (χ1n) is 3.97. The molecular weight excluding hydrogens is 295 g/mol. The van der Waals surface area contributed by atoms with Crippen molar-refractivity contribution in [3.8, 4) is 0 Å². The molecular formula is C8HClF7NO. The van der Waals surface area contributed by atoms with E-state index in [-0.39, 0.29) is 0 Å². The van der Waals surface area contributed by atoms with E-state index >= 15 is 0 Å². The van der Waals surface area contributed by atoms with E-state index in [0.29, 0.717) is 0 Å². The second-order valence-corrected chi connectivity index (χ2v) is 3.25. The number of carbonyl (C=O) groups is 1. The van der Waals surface area contributed by atoms with Crippen LogP contribution >= 0.6 is 11.6 Å². The standard InChI is InChI=1S/C8HClF7NO/c9-7(18)17-6-4(12)2(10)1(8(14,15)16)3(11)5(6)13/h(H,17,18). The highest BCUT2D eigenvalue weighted by atomic mass is 35.5. The van der Waals surface area contributed by atoms with Crippen LogP contribution in [0.1, 0.15) is 5.56 Å². The van der Waals surface area contributed by atoms with Gasteiger partial charge in [0.15, 0.2) is 23.3 Å². The van der Waals surface area contributed by atoms with Crippen LogP contribution in [0.25, 0.3) is 0 Å². The van der Waals surface area contributed by atoms with Crippen molar-refractivity contribution >= 4 is 22.7 Å². The molecule has 0 atom stereocenters. The molecule has 0 aliphatic heterocycles. The van der Waals surface area contributed by atoms with Gasteiger partial charge in [-0.2, -0.15) is 13.2 Å². The SMILES string of the molecule is O=C(Cl)Nc1c(F)c(F)c(C(F)(F)F)c(F)c1F. The van der Waals surface area contributed by atoms with E-state index < -0.39 is 46.1 Å². The maximum atomic E-state index is 13.0. The molecule has 0 aliphatic rings. The van der Waals surface area contributed by atoms with Crippen LogP contribution in [0.4, 0.5) is 41.2 Å². The van der Waals surface area contributed by atoms with Crippen LogP contribution in [0.3, 0.4) is 0 Å². The molecule has 1 N–H and O–H groups in total. The number of nitrogens with one attached hydrogen (secondary N) is 1. The minimum absolute atomic E-state index is 1.13. The summed E-state index contributed by atoms with van der Waals surface area (Å²) in [5.74, 6) is -10.2. The van der Waals surface area contributed by atoms with E-state index in [1.807, 2.05) is 0 Å². The maximum Gasteiger partial charge on any atom is 0.422 e. The Kier molecular flexibility index (Phi) is 3.75. The molecule has 0 radical (unpaired) electrons. The summed E-state index contributed by atoms with van der Waals surface area (Å²) in [7, 11) is 0. The van der Waals surface area contributed by atoms with Crippen LogP contribution in [0, 0.1) is 23.3 Å². The summed E-state index contributed by atoms with van der Waals surface area (Å²) in [5.41, 5.74) is -4.47. The Morgan fingerprint density at radius 3 is 1.61 bits per heavy atom. The van der Waals surface area contributed by atoms with Crippen molar-refractivity contribution in [2.24, 2.45) is 0 Å². The van der Waals surface area contributed by atoms with E-state index in [4.69, 9.17) is 0 Å². The number of benzene rings is 1. The highest BCUT2D eigenvalue weighted by molar-refractivity contribution is 6.65. The zero-order chi connectivity index (χ0) is 14.2. The summed E-state index contributed by atoms with van der Waals surface area (Å²) in [5, 5.41) is -0.502. The Morgan fingerprint density at radius 2 is 1.33 bits per heavy atom. The number of carbonyl (C=O) groups excluding carboxylic acids is 1. The third kappa shape index (κ3) is 2.50. The second-order valence-electron chi connectivity index (χ2n) is 2.90. The minimum atomic E-state index is -5.64. The molecule has 0 aliphatic carbocycles. The van der Waals surface area contributed by atoms with Crippen LogP contribution in [0.15, 0.2) is 0 Å². The van der Waals surface area contributed by atoms with E-state index in [1.165, 1.54) is 0 Å². The fourth-order valence-corrected chi connectivity index (χ4v) is 1.18. The predicted octanol–water partition coefficient (Wildman–Crippen LogP) is 4.03. The van der Waals surface area contributed by atoms with Gasteiger partial charge in [-0.25, -0.2) is 17.6 Å². The van der Waals surface area contributed by atoms with Gasteiger partial charge < -0.3 is 5.32 Å². The van der Waals surface area contributed by atoms with Crippen LogP contribution in [0.5, 0.6) is 0 Å². The van der Waals surface area contributed by atoms with Gasteiger partial charge in [0.2, 0.25) is 0 Å². The molecule has 0 unspecified atom stereocenters. The highest BCUT2D eigenvalue weighted by Gasteiger charge is 2.42. The number of halogens is 8. The normalized spacial score (nSPS) is 11.6. The molecule has 100 valence electrons. The van der Waals surface area contributed by atoms with Crippen LogP contribution in [0.2, 0.25) is 0 Å². The fourth-order valence-electron chi connectivity index (χ4n) is 1.09. The molecule has 0 heterocycles. The number of amides is 1. The lowest BCUT2D eigenvalue weighted by molar-refractivity contribution is -0.143. The van der Waals surface area contributed by atoms with E-state index in [9.17, 15) is 35.5 Å². The number of hydrogen-bond donors (Lipinski definition) is 1. The third-order valence-electron chi connectivity index (χ3n) is 1.77. The number of hydrogen-bond acceptors (Lipinski definition) is 1. The first-order chi connectivity index (χ1) is 8.07. The van der Waals surface area contributed by atoms with Crippen LogP contribution in [-0.2, 0) is 6.18 Å². The predicted molar refractivity (Wildman–Crippen MR) is 46.1 cm³/mol. The van der Waals surface area contributed by atoms with E-state index in [1.54, 1.807) is 0 Å². The van der Waals surface area contributed by atoms with Crippen LogP contribution < -0.4 is 5.32 Å². The Balaban J connectivity index is 3.61. The molecule has 1 aromatic carbocycles. The van der Waals surface area contributed by atoms with Gasteiger partial charge in [-0.15, -0.1) is 0 Å². The maximum absolute atomic E-state index is 13.0. The van der Waals surface area contributed by atoms with Crippen molar-refractivity contribution in [3.63, 3.8) is 0 Å². The van der Waals surface area contributed by atoms with Crippen LogP contribution in [-0.4, -0.2) is 5.37 Å². The van der Waals surface area contributed by atoms with Gasteiger partial charge in [0.25, 0.3) is 0 Å². The Hall–Kier alpha value is -1.51. The molecule has 0 spiro atoms. The number of rotatable bonds is 1. The number of alkyl halides is 3. The summed E-state index contributed by atoms with van der Waals surface area (Å²) in [4.78, 5) is 10.3. The van der Waals surface area contributed by atoms with Gasteiger partial charge in [0, 0.05) is 0 Å². The van der Waals surface area contributed by atoms with Gasteiger partial charge in [0.1, 0.15) is 11.3 Å². The van der Waals surface area contributed by atoms with Crippen molar-refractivity contribution in [1.82, 2.24) is 0 Å². The van der Waals surface area contributed by atoms with Gasteiger partial charge in [-0.3, -0.25) is 4.79 Å². The minimum Gasteiger partial charge on any atom is -0.307 e. The van der Waals surface area contributed by atoms with Gasteiger partial charge in [-0.1, -0.05) is 0 Å². The molecule has 1 aromatic rings. The van der Waals surface area contributed by atoms with Crippen molar-refractivity contribution in [2.75, 3.05) is 5.32 Å². The van der Waals surface area contributed by atoms with Crippen molar-refractivity contribution in [2.45, 2.75) is 6.18 Å². The monoisotopic (exact) mass is 295 g/mol. The molecule has 18 heavy (non-hydrogen) atoms. The smallest absolute Gasteiger partial charge is 0.307 e. The summed E-state index contributed by atoms with van der Waals surface area (Å²) < 4.78 is 88.4. The van der Waals surface area contributed by atoms with Crippen molar-refractivity contribution < 1.29 is 35.5 Å². The topological polar surface area (TPSA) is 29.1 Å². The van der Waals surface area contributed by atoms with E-state index in [0.717, 1.165) is 5.32 Å². The largest absolute Gasteiger partial charge is 0.422 e. The first-order valence-corrected chi connectivity index (χ1v) is 4.34. The Morgan fingerprint density at radius 1 is 0.944 bits per heavy atom. The lowest BCUT2D eigenvalue weighted by atomic mass is 10.1. The number of anilines is 1. The van der Waals surface area contributed by atoms with Gasteiger partial charge >= 0.3 is 11.5 Å². The molecule has 0 bridgehead atoms. The summed E-state index contributed by atoms with van der Waals surface area (Å²) in [6.45, 7) is 0. The second kappa shape index (κ2) is 4.63. The summed E-state index contributed by atoms with van der Waals surface area (Å²) in [6, 6.07) is 0. The average molecular weight is 296 g/mol. The summed E-state index contributed by atoms with van der Waals surface area (Å²) in [6.07, 6.45) is -5.64. The lowest BCUT2D eigenvalue weighted by Crippen LogP contribution is -2.18. The molecule has 0 saturated carbocycles. The third-order valence-corrected chi connectivity index (χ3v) is 1.86. The molecule has 0 fully saturated rings. The fraction of sp³-hybridized carbons (Fsp3) is 0.125. The first kappa shape index (κ1) is 14.6. The summed E-state index contributed by atoms with van der Waals surface area (Å²) >= 11 is 4.64. The van der Waals surface area contributed by atoms with Crippen molar-refractivity contribution in [3.05, 3.63) is 28.8 Å². The van der Waals surface area contributed by atoms with Gasteiger partial charge in [-0.05, 0) is 11.6 Å². The molecule has 1 amide bonds. The van der Waals surface area contributed by atoms with E-state index in [2.05, 4.69) is 11.6 Å². The lowest BCUT2D eigenvalue weighted by Gasteiger charge is -2.13. The average Bonchev–Trinajstić information content (AvgIpc) is 2.19. The molecule has 2 nitrogen and oxygen atoms in total. The molecule has 1 rings (SSSR count). The zero-order valence-corrected chi connectivity index (χ0v) is 8.69. The molecule has 0 aromatic heterocycles. The Labute approximate surface area is 99.3 Å². The molecule has 10 heteroatoms. The Bertz CT molecular complexity index is 484. The van der Waals surface area contributed by atoms with Gasteiger partial charge in [0.05, 0.1) is 0 Å². The zero-order valence-electron chi connectivity index (χ0n) is 7.93. The highest BCUT2D eigenvalue weighted by Crippen LogP contribution is 2.38. The quantitative estimate of drug-likeness (QED) is 0.360. The van der Waals surface area contributed by atoms with Crippen molar-refractivity contribution in [1.29, 1.82) is 0 Å². The molecule has 0 saturated heterocycles.